The van der Waals surface area contributed by atoms with Crippen LogP contribution in [0, 0.1) is 0 Å². The molecule has 1 aliphatic heterocycles. The molecule has 1 unspecified atom stereocenters. The number of methoxy groups -OCH3 is 1. The van der Waals surface area contributed by atoms with Crippen LogP contribution in [-0.2, 0) is 4.74 Å². The van der Waals surface area contributed by atoms with Gasteiger partial charge in [0.15, 0.2) is 11.4 Å². The predicted molar refractivity (Wildman–Crippen MR) is 122 cm³/mol. The lowest BCUT2D eigenvalue weighted by atomic mass is 10.2. The van der Waals surface area contributed by atoms with Crippen LogP contribution in [0.25, 0.3) is 28.1 Å². The minimum absolute atomic E-state index is 0.385. The maximum atomic E-state index is 6.19. The Morgan fingerprint density at radius 3 is 3.03 bits per heavy atom. The summed E-state index contributed by atoms with van der Waals surface area (Å²) in [5.74, 6) is 2.14. The summed E-state index contributed by atoms with van der Waals surface area (Å²) in [6.45, 7) is 5.98. The van der Waals surface area contributed by atoms with Crippen LogP contribution in [0.5, 0.6) is 5.88 Å². The van der Waals surface area contributed by atoms with Gasteiger partial charge in [-0.1, -0.05) is 0 Å². The van der Waals surface area contributed by atoms with Gasteiger partial charge in [0.2, 0.25) is 5.88 Å². The van der Waals surface area contributed by atoms with Crippen molar-refractivity contribution in [2.75, 3.05) is 44.9 Å². The highest BCUT2D eigenvalue weighted by Gasteiger charge is 2.19. The van der Waals surface area contributed by atoms with Crippen molar-refractivity contribution in [2.45, 2.75) is 25.8 Å². The molecule has 0 aliphatic carbocycles. The lowest BCUT2D eigenvalue weighted by Crippen LogP contribution is -2.28. The quantitative estimate of drug-likeness (QED) is 0.428. The lowest BCUT2D eigenvalue weighted by Gasteiger charge is -2.21. The zero-order valence-electron chi connectivity index (χ0n) is 18.5. The van der Waals surface area contributed by atoms with Crippen molar-refractivity contribution in [3.05, 3.63) is 36.7 Å². The monoisotopic (exact) mass is 436 g/mol. The van der Waals surface area contributed by atoms with E-state index in [4.69, 9.17) is 13.9 Å². The molecular weight excluding hydrogens is 408 g/mol. The van der Waals surface area contributed by atoms with E-state index >= 15 is 0 Å². The number of anilines is 1. The molecule has 4 aromatic rings. The number of hydrogen-bond donors (Lipinski definition) is 1. The van der Waals surface area contributed by atoms with Gasteiger partial charge in [-0.15, -0.1) is 5.10 Å². The van der Waals surface area contributed by atoms with Crippen LogP contribution in [-0.4, -0.2) is 65.6 Å². The second kappa shape index (κ2) is 9.13. The standard InChI is InChI=1S/C23H28N6O3/c1-3-28(11-12-30-2)23-17-13-20(32-19(17)8-10-25-23)18-14-26-21-6-7-22(27-29(18)21)31-15-16-5-4-9-24-16/h6-8,10,13-14,16,24H,3-5,9,11-12,15H2,1-2H3. The largest absolute Gasteiger partial charge is 0.475 e. The summed E-state index contributed by atoms with van der Waals surface area (Å²) in [5, 5.41) is 9.05. The molecule has 0 bridgehead atoms. The Bertz CT molecular complexity index is 1200. The van der Waals surface area contributed by atoms with E-state index in [9.17, 15) is 0 Å². The topological polar surface area (TPSA) is 90.0 Å². The van der Waals surface area contributed by atoms with Crippen LogP contribution < -0.4 is 15.0 Å². The summed E-state index contributed by atoms with van der Waals surface area (Å²) in [5.41, 5.74) is 2.28. The fourth-order valence-corrected chi connectivity index (χ4v) is 4.13. The number of nitrogens with one attached hydrogen (secondary N) is 1. The van der Waals surface area contributed by atoms with E-state index in [0.29, 0.717) is 30.9 Å². The molecular formula is C23H28N6O3. The van der Waals surface area contributed by atoms with Crippen LogP contribution in [0.4, 0.5) is 5.82 Å². The van der Waals surface area contributed by atoms with E-state index in [2.05, 4.69) is 32.2 Å². The Morgan fingerprint density at radius 1 is 1.28 bits per heavy atom. The van der Waals surface area contributed by atoms with Crippen LogP contribution in [0.15, 0.2) is 41.1 Å². The fraction of sp³-hybridized carbons (Fsp3) is 0.435. The molecule has 9 nitrogen and oxygen atoms in total. The van der Waals surface area contributed by atoms with Crippen molar-refractivity contribution in [2.24, 2.45) is 0 Å². The molecule has 1 fully saturated rings. The van der Waals surface area contributed by atoms with Gasteiger partial charge in [0, 0.05) is 38.5 Å². The number of likely N-dealkylation sites (N-methyl/N-ethyl adjacent to an activating group) is 1. The molecule has 1 saturated heterocycles. The van der Waals surface area contributed by atoms with Gasteiger partial charge in [-0.25, -0.2) is 14.5 Å². The van der Waals surface area contributed by atoms with Crippen LogP contribution in [0.3, 0.4) is 0 Å². The number of furan rings is 1. The first-order chi connectivity index (χ1) is 15.8. The third-order valence-electron chi connectivity index (χ3n) is 5.86. The average Bonchev–Trinajstić information content (AvgIpc) is 3.57. The number of fused-ring (bicyclic) bond motifs is 2. The first-order valence-electron chi connectivity index (χ1n) is 11.1. The molecule has 0 saturated carbocycles. The molecule has 1 aliphatic rings. The van der Waals surface area contributed by atoms with Gasteiger partial charge in [-0.3, -0.25) is 0 Å². The van der Waals surface area contributed by atoms with E-state index in [1.54, 1.807) is 24.0 Å². The lowest BCUT2D eigenvalue weighted by molar-refractivity contribution is 0.205. The summed E-state index contributed by atoms with van der Waals surface area (Å²) in [6, 6.07) is 8.04. The maximum absolute atomic E-state index is 6.19. The Labute approximate surface area is 186 Å². The molecule has 0 spiro atoms. The van der Waals surface area contributed by atoms with E-state index < -0.39 is 0 Å². The molecule has 9 heteroatoms. The van der Waals surface area contributed by atoms with Crippen molar-refractivity contribution in [1.29, 1.82) is 0 Å². The van der Waals surface area contributed by atoms with E-state index in [1.165, 1.54) is 6.42 Å². The van der Waals surface area contributed by atoms with E-state index in [1.807, 2.05) is 24.3 Å². The first-order valence-corrected chi connectivity index (χ1v) is 11.1. The fourth-order valence-electron chi connectivity index (χ4n) is 4.13. The zero-order chi connectivity index (χ0) is 21.9. The van der Waals surface area contributed by atoms with Gasteiger partial charge in [0.1, 0.15) is 23.7 Å². The second-order valence-corrected chi connectivity index (χ2v) is 7.92. The molecule has 168 valence electrons. The Balaban J connectivity index is 1.47. The van der Waals surface area contributed by atoms with Gasteiger partial charge >= 0.3 is 0 Å². The van der Waals surface area contributed by atoms with Crippen LogP contribution in [0.2, 0.25) is 0 Å². The summed E-state index contributed by atoms with van der Waals surface area (Å²) in [6.07, 6.45) is 5.87. The molecule has 5 heterocycles. The number of hydrogen-bond acceptors (Lipinski definition) is 8. The van der Waals surface area contributed by atoms with Crippen molar-refractivity contribution >= 4 is 22.4 Å². The van der Waals surface area contributed by atoms with Crippen molar-refractivity contribution in [3.8, 4) is 17.3 Å². The minimum atomic E-state index is 0.385. The number of nitrogens with zero attached hydrogens (tertiary/aromatic N) is 5. The molecule has 0 aromatic carbocycles. The Hall–Kier alpha value is -3.17. The second-order valence-electron chi connectivity index (χ2n) is 7.92. The average molecular weight is 437 g/mol. The molecule has 1 atom stereocenters. The van der Waals surface area contributed by atoms with Gasteiger partial charge in [0.25, 0.3) is 0 Å². The zero-order valence-corrected chi connectivity index (χ0v) is 18.5. The SMILES string of the molecule is CCN(CCOC)c1nccc2oc(-c3cnc4ccc(OCC5CCCN5)nn34)cc12. The number of ether oxygens (including phenoxy) is 2. The van der Waals surface area contributed by atoms with Gasteiger partial charge in [-0.05, 0) is 44.5 Å². The Morgan fingerprint density at radius 2 is 2.22 bits per heavy atom. The first kappa shape index (κ1) is 20.7. The summed E-state index contributed by atoms with van der Waals surface area (Å²) in [7, 11) is 1.71. The molecule has 1 N–H and O–H groups in total. The van der Waals surface area contributed by atoms with Crippen LogP contribution >= 0.6 is 0 Å². The maximum Gasteiger partial charge on any atom is 0.231 e. The highest BCUT2D eigenvalue weighted by molar-refractivity contribution is 5.91. The highest BCUT2D eigenvalue weighted by atomic mass is 16.5. The summed E-state index contributed by atoms with van der Waals surface area (Å²) >= 11 is 0. The number of pyridine rings is 1. The number of imidazole rings is 1. The van der Waals surface area contributed by atoms with Crippen molar-refractivity contribution in [1.82, 2.24) is 24.9 Å². The molecule has 4 aromatic heterocycles. The Kier molecular flexibility index (Phi) is 5.91. The number of aromatic nitrogens is 4. The minimum Gasteiger partial charge on any atom is -0.475 e. The third-order valence-corrected chi connectivity index (χ3v) is 5.86. The van der Waals surface area contributed by atoms with E-state index in [0.717, 1.165) is 54.2 Å². The number of rotatable bonds is 9. The normalized spacial score (nSPS) is 16.2. The smallest absolute Gasteiger partial charge is 0.231 e. The third kappa shape index (κ3) is 4.01. The van der Waals surface area contributed by atoms with Gasteiger partial charge in [0.05, 0.1) is 18.2 Å². The summed E-state index contributed by atoms with van der Waals surface area (Å²) < 4.78 is 19.2. The molecule has 0 radical (unpaired) electrons. The van der Waals surface area contributed by atoms with Crippen LogP contribution in [0.1, 0.15) is 19.8 Å². The van der Waals surface area contributed by atoms with Gasteiger partial charge in [-0.2, -0.15) is 0 Å². The van der Waals surface area contributed by atoms with E-state index in [-0.39, 0.29) is 0 Å². The molecule has 5 rings (SSSR count). The predicted octanol–water partition coefficient (Wildman–Crippen LogP) is 3.14. The molecule has 0 amide bonds. The van der Waals surface area contributed by atoms with Crippen molar-refractivity contribution in [3.63, 3.8) is 0 Å². The highest BCUT2D eigenvalue weighted by Crippen LogP contribution is 2.33. The molecule has 32 heavy (non-hydrogen) atoms. The van der Waals surface area contributed by atoms with Gasteiger partial charge < -0.3 is 24.1 Å². The van der Waals surface area contributed by atoms with Crippen molar-refractivity contribution < 1.29 is 13.9 Å². The summed E-state index contributed by atoms with van der Waals surface area (Å²) in [4.78, 5) is 11.3.